The summed E-state index contributed by atoms with van der Waals surface area (Å²) in [4.78, 5) is -0.475. The fraction of sp³-hybridized carbons (Fsp3) is 0.125. The maximum Gasteiger partial charge on any atom is 0.243 e. The van der Waals surface area contributed by atoms with E-state index in [2.05, 4.69) is 0 Å². The van der Waals surface area contributed by atoms with Gasteiger partial charge in [0, 0.05) is 0 Å². The summed E-state index contributed by atoms with van der Waals surface area (Å²) in [7, 11) is -8.07. The van der Waals surface area contributed by atoms with Crippen LogP contribution < -0.4 is 5.14 Å². The van der Waals surface area contributed by atoms with E-state index >= 15 is 0 Å². The van der Waals surface area contributed by atoms with Crippen molar-refractivity contribution in [2.45, 2.75) is 22.9 Å². The number of nitrogens with two attached hydrogens (primary N) is 1. The van der Waals surface area contributed by atoms with E-state index in [1.165, 1.54) is 30.7 Å². The molecular weight excluding hydrogens is 380 g/mol. The first kappa shape index (κ1) is 18.4. The summed E-state index contributed by atoms with van der Waals surface area (Å²) in [6.45, 7) is -0.0920. The smallest absolute Gasteiger partial charge is 0.243 e. The molecule has 0 aliphatic heterocycles. The van der Waals surface area contributed by atoms with Gasteiger partial charge in [-0.25, -0.2) is 22.0 Å². The molecule has 0 saturated carbocycles. The van der Waals surface area contributed by atoms with Crippen LogP contribution in [0.15, 0.2) is 79.7 Å². The van der Waals surface area contributed by atoms with E-state index in [9.17, 15) is 16.8 Å². The van der Waals surface area contributed by atoms with Gasteiger partial charge in [0.1, 0.15) is 11.5 Å². The fourth-order valence-corrected chi connectivity index (χ4v) is 4.39. The summed E-state index contributed by atoms with van der Waals surface area (Å²) >= 11 is 0. The molecule has 0 radical (unpaired) electrons. The predicted molar refractivity (Wildman–Crippen MR) is 91.7 cm³/mol. The highest BCUT2D eigenvalue weighted by Gasteiger charge is 2.27. The van der Waals surface area contributed by atoms with E-state index in [-0.39, 0.29) is 22.9 Å². The minimum atomic E-state index is -4.04. The number of hydrogen-bond acceptors (Lipinski definition) is 6. The highest BCUT2D eigenvalue weighted by Crippen LogP contribution is 2.23. The Hall–Kier alpha value is -2.40. The summed E-state index contributed by atoms with van der Waals surface area (Å²) in [6.07, 6.45) is 2.88. The van der Waals surface area contributed by atoms with E-state index in [4.69, 9.17) is 14.0 Å². The zero-order valence-electron chi connectivity index (χ0n) is 13.5. The van der Waals surface area contributed by atoms with E-state index in [0.29, 0.717) is 11.5 Å². The van der Waals surface area contributed by atoms with Gasteiger partial charge in [-0.1, -0.05) is 6.07 Å². The molecular formula is C16H16N2O6S2. The van der Waals surface area contributed by atoms with Crippen LogP contribution in [0.4, 0.5) is 0 Å². The Labute approximate surface area is 150 Å². The molecule has 0 atom stereocenters. The van der Waals surface area contributed by atoms with Gasteiger partial charge in [0.25, 0.3) is 0 Å². The third-order valence-electron chi connectivity index (χ3n) is 3.60. The van der Waals surface area contributed by atoms with Crippen molar-refractivity contribution in [3.63, 3.8) is 0 Å². The van der Waals surface area contributed by atoms with Crippen molar-refractivity contribution >= 4 is 20.0 Å². The molecule has 0 aliphatic rings. The Morgan fingerprint density at radius 3 is 1.81 bits per heavy atom. The second kappa shape index (κ2) is 7.08. The molecule has 26 heavy (non-hydrogen) atoms. The zero-order valence-corrected chi connectivity index (χ0v) is 15.1. The Bertz CT molecular complexity index is 1040. The van der Waals surface area contributed by atoms with Gasteiger partial charge >= 0.3 is 0 Å². The second-order valence-corrected chi connectivity index (χ2v) is 8.95. The van der Waals surface area contributed by atoms with Crippen molar-refractivity contribution in [3.8, 4) is 0 Å². The average Bonchev–Trinajstić information content (AvgIpc) is 3.27. The van der Waals surface area contributed by atoms with E-state index in [0.717, 1.165) is 10.4 Å². The van der Waals surface area contributed by atoms with Gasteiger partial charge in [0.15, 0.2) is 0 Å². The standard InChI is InChI=1S/C16H16N2O6S2/c17-25(19,20)15-6-1-7-16(10-15)26(21,22)18(11-13-4-2-8-23-13)12-14-5-3-9-24-14/h1-10H,11-12H2,(H2,17,19,20). The van der Waals surface area contributed by atoms with Crippen LogP contribution in [0.25, 0.3) is 0 Å². The van der Waals surface area contributed by atoms with Crippen LogP contribution in [0.3, 0.4) is 0 Å². The first-order valence-corrected chi connectivity index (χ1v) is 10.4. The maximum absolute atomic E-state index is 13.1. The quantitative estimate of drug-likeness (QED) is 0.650. The first-order chi connectivity index (χ1) is 12.3. The molecule has 2 N–H and O–H groups in total. The normalized spacial score (nSPS) is 12.5. The van der Waals surface area contributed by atoms with Crippen LogP contribution in [-0.2, 0) is 33.1 Å². The molecule has 0 bridgehead atoms. The molecule has 3 aromatic rings. The van der Waals surface area contributed by atoms with Crippen LogP contribution in [0, 0.1) is 0 Å². The highest BCUT2D eigenvalue weighted by atomic mass is 32.2. The van der Waals surface area contributed by atoms with Crippen LogP contribution in [-0.4, -0.2) is 21.1 Å². The van der Waals surface area contributed by atoms with Crippen molar-refractivity contribution in [1.29, 1.82) is 0 Å². The molecule has 0 amide bonds. The third-order valence-corrected chi connectivity index (χ3v) is 6.30. The first-order valence-electron chi connectivity index (χ1n) is 7.44. The molecule has 0 spiro atoms. The molecule has 3 rings (SSSR count). The van der Waals surface area contributed by atoms with Gasteiger partial charge in [-0.3, -0.25) is 0 Å². The summed E-state index contributed by atoms with van der Waals surface area (Å²) in [5.41, 5.74) is 0. The molecule has 0 saturated heterocycles. The number of primary sulfonamides is 1. The maximum atomic E-state index is 13.1. The van der Waals surface area contributed by atoms with Gasteiger partial charge < -0.3 is 8.83 Å². The Morgan fingerprint density at radius 1 is 0.808 bits per heavy atom. The number of nitrogens with zero attached hydrogens (tertiary/aromatic N) is 1. The number of benzene rings is 1. The molecule has 0 fully saturated rings. The topological polar surface area (TPSA) is 124 Å². The molecule has 8 nitrogen and oxygen atoms in total. The number of furan rings is 2. The molecule has 1 aromatic carbocycles. The highest BCUT2D eigenvalue weighted by molar-refractivity contribution is 7.90. The number of sulfonamides is 2. The van der Waals surface area contributed by atoms with Crippen LogP contribution in [0.1, 0.15) is 11.5 Å². The predicted octanol–water partition coefficient (Wildman–Crippen LogP) is 1.91. The van der Waals surface area contributed by atoms with Gasteiger partial charge in [0.05, 0.1) is 35.4 Å². The monoisotopic (exact) mass is 396 g/mol. The van der Waals surface area contributed by atoms with Crippen molar-refractivity contribution in [2.75, 3.05) is 0 Å². The Balaban J connectivity index is 2.01. The van der Waals surface area contributed by atoms with Gasteiger partial charge in [-0.15, -0.1) is 0 Å². The lowest BCUT2D eigenvalue weighted by Gasteiger charge is -2.20. The largest absolute Gasteiger partial charge is 0.468 e. The zero-order chi connectivity index (χ0) is 18.8. The van der Waals surface area contributed by atoms with Gasteiger partial charge in [-0.2, -0.15) is 4.31 Å². The lowest BCUT2D eigenvalue weighted by molar-refractivity contribution is 0.330. The number of hydrogen-bond donors (Lipinski definition) is 1. The van der Waals surface area contributed by atoms with Crippen molar-refractivity contribution in [1.82, 2.24) is 4.31 Å². The third kappa shape index (κ3) is 4.05. The molecule has 138 valence electrons. The molecule has 0 unspecified atom stereocenters. The van der Waals surface area contributed by atoms with Crippen LogP contribution in [0.5, 0.6) is 0 Å². The van der Waals surface area contributed by atoms with Crippen LogP contribution >= 0.6 is 0 Å². The molecule has 2 heterocycles. The lowest BCUT2D eigenvalue weighted by Crippen LogP contribution is -2.30. The van der Waals surface area contributed by atoms with Gasteiger partial charge in [0.2, 0.25) is 20.0 Å². The average molecular weight is 396 g/mol. The Kier molecular flexibility index (Phi) is 5.01. The Morgan fingerprint density at radius 2 is 1.35 bits per heavy atom. The molecule has 10 heteroatoms. The number of rotatable bonds is 7. The van der Waals surface area contributed by atoms with Crippen molar-refractivity contribution < 1.29 is 25.7 Å². The summed E-state index contributed by atoms with van der Waals surface area (Å²) in [6, 6.07) is 11.5. The minimum absolute atomic E-state index is 0.0460. The lowest BCUT2D eigenvalue weighted by atomic mass is 10.4. The minimum Gasteiger partial charge on any atom is -0.468 e. The van der Waals surface area contributed by atoms with Crippen molar-refractivity contribution in [2.24, 2.45) is 5.14 Å². The van der Waals surface area contributed by atoms with Gasteiger partial charge in [-0.05, 0) is 42.5 Å². The summed E-state index contributed by atoms with van der Waals surface area (Å²) < 4.78 is 60.8. The molecule has 2 aromatic heterocycles. The van der Waals surface area contributed by atoms with E-state index in [1.807, 2.05) is 0 Å². The van der Waals surface area contributed by atoms with E-state index in [1.54, 1.807) is 24.3 Å². The second-order valence-electron chi connectivity index (χ2n) is 5.45. The molecule has 0 aliphatic carbocycles. The van der Waals surface area contributed by atoms with E-state index < -0.39 is 20.0 Å². The van der Waals surface area contributed by atoms with Crippen LogP contribution in [0.2, 0.25) is 0 Å². The fourth-order valence-electron chi connectivity index (χ4n) is 2.34. The SMILES string of the molecule is NS(=O)(=O)c1cccc(S(=O)(=O)N(Cc2ccco2)Cc2ccco2)c1. The summed E-state index contributed by atoms with van der Waals surface area (Å²) in [5.74, 6) is 0.866. The summed E-state index contributed by atoms with van der Waals surface area (Å²) in [5, 5.41) is 5.10. The van der Waals surface area contributed by atoms with Crippen molar-refractivity contribution in [3.05, 3.63) is 72.6 Å².